The zero-order valence-electron chi connectivity index (χ0n) is 42.1. The summed E-state index contributed by atoms with van der Waals surface area (Å²) in [6.45, 7) is 5.52. The first-order valence-electron chi connectivity index (χ1n) is 26.4. The maximum Gasteiger partial charge on any atom is 0.472 e. The molecule has 0 rings (SSSR count). The van der Waals surface area contributed by atoms with Gasteiger partial charge in [0.05, 0.1) is 34.4 Å². The van der Waals surface area contributed by atoms with Crippen molar-refractivity contribution in [3.05, 3.63) is 48.6 Å². The van der Waals surface area contributed by atoms with Gasteiger partial charge < -0.3 is 18.9 Å². The van der Waals surface area contributed by atoms with E-state index in [-0.39, 0.29) is 25.8 Å². The highest BCUT2D eigenvalue weighted by Crippen LogP contribution is 2.43. The Morgan fingerprint density at radius 1 is 0.508 bits per heavy atom. The minimum atomic E-state index is -4.28. The van der Waals surface area contributed by atoms with Crippen molar-refractivity contribution in [2.24, 2.45) is 0 Å². The van der Waals surface area contributed by atoms with Crippen LogP contribution in [0.15, 0.2) is 48.6 Å². The summed E-state index contributed by atoms with van der Waals surface area (Å²) in [7, 11) is 1.66. The van der Waals surface area contributed by atoms with Crippen molar-refractivity contribution in [2.75, 3.05) is 54.1 Å². The number of carbonyl (C=O) groups excluding carboxylic acids is 1. The molecular weight excluding hydrogens is 806 g/mol. The van der Waals surface area contributed by atoms with Gasteiger partial charge in [0.25, 0.3) is 0 Å². The van der Waals surface area contributed by atoms with E-state index < -0.39 is 13.9 Å². The zero-order chi connectivity index (χ0) is 46.2. The van der Waals surface area contributed by atoms with Gasteiger partial charge in [-0.15, -0.1) is 0 Å². The van der Waals surface area contributed by atoms with Gasteiger partial charge in [-0.2, -0.15) is 0 Å². The number of quaternary nitrogens is 1. The number of hydrogen-bond donors (Lipinski definition) is 1. The highest BCUT2D eigenvalue weighted by molar-refractivity contribution is 7.47. The van der Waals surface area contributed by atoms with E-state index in [1.54, 1.807) is 0 Å². The van der Waals surface area contributed by atoms with Crippen LogP contribution in [0.3, 0.4) is 0 Å². The molecular formula is C54H103NO7P+. The normalized spacial score (nSPS) is 13.9. The predicted octanol–water partition coefficient (Wildman–Crippen LogP) is 16.3. The Morgan fingerprint density at radius 2 is 0.921 bits per heavy atom. The number of likely N-dealkylation sites (N-methyl/N-ethyl adjacent to an activating group) is 1. The number of carbonyl (C=O) groups is 1. The first-order chi connectivity index (χ1) is 30.6. The fourth-order valence-electron chi connectivity index (χ4n) is 7.37. The van der Waals surface area contributed by atoms with Gasteiger partial charge in [0.15, 0.2) is 0 Å². The fraction of sp³-hybridized carbons (Fsp3) is 0.833. The standard InChI is InChI=1S/C54H102NO7P/c1-6-8-10-12-14-16-18-20-22-24-26-28-29-31-33-35-37-39-41-43-45-47-54(56)62-53(52-61-63(57,58)60-50-48-55(3,4)5)51-59-49-46-44-42-40-38-36-34-32-30-27-25-23-21-19-17-15-13-11-9-7-2/h9,11,15,17,21,23,27,30,53H,6-8,10,12-14,16,18-20,22,24-26,28-29,31-52H2,1-5H3/p+1/b11-9-,17-15-,23-21-,30-27-. The summed E-state index contributed by atoms with van der Waals surface area (Å²) in [6, 6.07) is 0. The molecule has 0 radical (unpaired) electrons. The summed E-state index contributed by atoms with van der Waals surface area (Å²) in [4.78, 5) is 23.0. The van der Waals surface area contributed by atoms with Crippen LogP contribution < -0.4 is 0 Å². The lowest BCUT2D eigenvalue weighted by Gasteiger charge is -2.24. The molecule has 0 aromatic carbocycles. The lowest BCUT2D eigenvalue weighted by molar-refractivity contribution is -0.870. The number of allylic oxidation sites excluding steroid dienone is 8. The Kier molecular flexibility index (Phi) is 45.8. The maximum absolute atomic E-state index is 12.8. The molecule has 0 fully saturated rings. The molecule has 63 heavy (non-hydrogen) atoms. The second kappa shape index (κ2) is 47.0. The van der Waals surface area contributed by atoms with Crippen LogP contribution in [0.5, 0.6) is 0 Å². The highest BCUT2D eigenvalue weighted by atomic mass is 31.2. The molecule has 0 aromatic rings. The van der Waals surface area contributed by atoms with Gasteiger partial charge in [0, 0.05) is 13.0 Å². The molecule has 0 aliphatic heterocycles. The van der Waals surface area contributed by atoms with Crippen LogP contribution in [0.4, 0.5) is 0 Å². The fourth-order valence-corrected chi connectivity index (χ4v) is 8.11. The largest absolute Gasteiger partial charge is 0.472 e. The second-order valence-corrected chi connectivity index (χ2v) is 20.3. The van der Waals surface area contributed by atoms with E-state index in [9.17, 15) is 14.3 Å². The van der Waals surface area contributed by atoms with Crippen LogP contribution in [-0.4, -0.2) is 75.6 Å². The summed E-state index contributed by atoms with van der Waals surface area (Å²) >= 11 is 0. The molecule has 0 aliphatic rings. The molecule has 0 saturated heterocycles. The number of nitrogens with zero attached hydrogens (tertiary/aromatic N) is 1. The van der Waals surface area contributed by atoms with Crippen molar-refractivity contribution < 1.29 is 37.3 Å². The minimum Gasteiger partial charge on any atom is -0.457 e. The number of esters is 1. The average Bonchev–Trinajstić information content (AvgIpc) is 3.24. The molecule has 0 aliphatic carbocycles. The van der Waals surface area contributed by atoms with E-state index in [0.717, 1.165) is 64.2 Å². The Balaban J connectivity index is 4.13. The van der Waals surface area contributed by atoms with Crippen molar-refractivity contribution in [1.29, 1.82) is 0 Å². The van der Waals surface area contributed by atoms with Gasteiger partial charge in [0.2, 0.25) is 0 Å². The van der Waals surface area contributed by atoms with E-state index in [4.69, 9.17) is 18.5 Å². The molecule has 0 heterocycles. The van der Waals surface area contributed by atoms with Gasteiger partial charge in [-0.05, 0) is 51.4 Å². The molecule has 8 nitrogen and oxygen atoms in total. The van der Waals surface area contributed by atoms with E-state index in [0.29, 0.717) is 24.1 Å². The Bertz CT molecular complexity index is 1150. The van der Waals surface area contributed by atoms with E-state index in [1.165, 1.54) is 148 Å². The van der Waals surface area contributed by atoms with Crippen LogP contribution in [0, 0.1) is 0 Å². The van der Waals surface area contributed by atoms with Gasteiger partial charge >= 0.3 is 13.8 Å². The van der Waals surface area contributed by atoms with Crippen molar-refractivity contribution in [3.8, 4) is 0 Å². The lowest BCUT2D eigenvalue weighted by Crippen LogP contribution is -2.37. The van der Waals surface area contributed by atoms with Crippen LogP contribution in [-0.2, 0) is 27.9 Å². The smallest absolute Gasteiger partial charge is 0.457 e. The Hall–Kier alpha value is -1.54. The summed E-state index contributed by atoms with van der Waals surface area (Å²) in [5.74, 6) is -0.314. The van der Waals surface area contributed by atoms with Gasteiger partial charge in [-0.25, -0.2) is 4.57 Å². The average molecular weight is 909 g/mol. The summed E-state index contributed by atoms with van der Waals surface area (Å²) < 4.78 is 35.2. The zero-order valence-corrected chi connectivity index (χ0v) is 43.0. The highest BCUT2D eigenvalue weighted by Gasteiger charge is 2.26. The molecule has 2 atom stereocenters. The number of ether oxygens (including phenoxy) is 2. The van der Waals surface area contributed by atoms with Gasteiger partial charge in [-0.3, -0.25) is 13.8 Å². The van der Waals surface area contributed by atoms with Crippen molar-refractivity contribution in [2.45, 2.75) is 238 Å². The van der Waals surface area contributed by atoms with E-state index >= 15 is 0 Å². The lowest BCUT2D eigenvalue weighted by atomic mass is 10.0. The number of rotatable bonds is 49. The predicted molar refractivity (Wildman–Crippen MR) is 270 cm³/mol. The molecule has 1 N–H and O–H groups in total. The molecule has 370 valence electrons. The monoisotopic (exact) mass is 909 g/mol. The third kappa shape index (κ3) is 51.3. The van der Waals surface area contributed by atoms with Crippen molar-refractivity contribution in [3.63, 3.8) is 0 Å². The molecule has 0 amide bonds. The Labute approximate surface area is 390 Å². The Morgan fingerprint density at radius 3 is 1.38 bits per heavy atom. The molecule has 0 aromatic heterocycles. The topological polar surface area (TPSA) is 91.3 Å². The first kappa shape index (κ1) is 61.5. The quantitative estimate of drug-likeness (QED) is 0.0214. The molecule has 0 saturated carbocycles. The number of unbranched alkanes of at least 4 members (excludes halogenated alkanes) is 27. The van der Waals surface area contributed by atoms with Crippen LogP contribution in [0.2, 0.25) is 0 Å². The van der Waals surface area contributed by atoms with Gasteiger partial charge in [0.1, 0.15) is 19.3 Å². The second-order valence-electron chi connectivity index (χ2n) is 18.9. The molecule has 2 unspecified atom stereocenters. The first-order valence-corrected chi connectivity index (χ1v) is 27.9. The summed E-state index contributed by atoms with van der Waals surface area (Å²) in [6.07, 6.45) is 58.7. The van der Waals surface area contributed by atoms with E-state index in [1.807, 2.05) is 21.1 Å². The summed E-state index contributed by atoms with van der Waals surface area (Å²) in [5, 5.41) is 0. The molecule has 9 heteroatoms. The van der Waals surface area contributed by atoms with Crippen molar-refractivity contribution >= 4 is 13.8 Å². The van der Waals surface area contributed by atoms with Crippen LogP contribution in [0.1, 0.15) is 232 Å². The minimum absolute atomic E-state index is 0.0863. The molecule has 0 bridgehead atoms. The SMILES string of the molecule is CC/C=C\C/C=C\C/C=C\C/C=C\CCCCCCCCCOCC(COP(=O)(O)OCC[N+](C)(C)C)OC(=O)CCCCCCCCCCCCCCCCCCCCCCC. The molecule has 0 spiro atoms. The van der Waals surface area contributed by atoms with Gasteiger partial charge in [-0.1, -0.05) is 223 Å². The third-order valence-electron chi connectivity index (χ3n) is 11.4. The maximum atomic E-state index is 12.8. The third-order valence-corrected chi connectivity index (χ3v) is 12.4. The number of phosphoric acid groups is 1. The number of hydrogen-bond acceptors (Lipinski definition) is 6. The van der Waals surface area contributed by atoms with Crippen LogP contribution >= 0.6 is 7.82 Å². The summed E-state index contributed by atoms with van der Waals surface area (Å²) in [5.41, 5.74) is 0. The van der Waals surface area contributed by atoms with E-state index in [2.05, 4.69) is 62.5 Å². The number of phosphoric ester groups is 1. The van der Waals surface area contributed by atoms with Crippen molar-refractivity contribution in [1.82, 2.24) is 0 Å². The van der Waals surface area contributed by atoms with Crippen LogP contribution in [0.25, 0.3) is 0 Å².